The second-order valence-corrected chi connectivity index (χ2v) is 8.56. The standard InChI is InChI=1S/C21H23F3O7S/c1-27-20-19(31-32(25,26)21(22,23)24)18(29-13-16-10-6-3-7-11-16)17(30-20)14-28-12-15-8-4-2-5-9-15/h2-11,17-20H,12-14H2,1H3. The third-order valence-electron chi connectivity index (χ3n) is 4.70. The number of ether oxygens (including phenoxy) is 4. The van der Waals surface area contributed by atoms with Gasteiger partial charge in [0.05, 0.1) is 19.8 Å². The summed E-state index contributed by atoms with van der Waals surface area (Å²) in [6, 6.07) is 18.1. The maximum Gasteiger partial charge on any atom is 0.523 e. The first-order valence-corrected chi connectivity index (χ1v) is 11.1. The van der Waals surface area contributed by atoms with Gasteiger partial charge in [0, 0.05) is 7.11 Å². The van der Waals surface area contributed by atoms with Crippen molar-refractivity contribution in [1.29, 1.82) is 0 Å². The maximum atomic E-state index is 12.9. The topological polar surface area (TPSA) is 80.3 Å². The number of halogens is 3. The Morgan fingerprint density at radius 3 is 2.00 bits per heavy atom. The fraction of sp³-hybridized carbons (Fsp3) is 0.429. The minimum atomic E-state index is -5.91. The highest BCUT2D eigenvalue weighted by molar-refractivity contribution is 7.87. The fourth-order valence-corrected chi connectivity index (χ4v) is 3.76. The van der Waals surface area contributed by atoms with E-state index >= 15 is 0 Å². The summed E-state index contributed by atoms with van der Waals surface area (Å²) in [4.78, 5) is 0. The Morgan fingerprint density at radius 2 is 1.47 bits per heavy atom. The molecule has 0 N–H and O–H groups in total. The van der Waals surface area contributed by atoms with E-state index in [4.69, 9.17) is 18.9 Å². The third kappa shape index (κ3) is 6.27. The van der Waals surface area contributed by atoms with E-state index in [2.05, 4.69) is 4.18 Å². The summed E-state index contributed by atoms with van der Waals surface area (Å²) < 4.78 is 88.6. The molecule has 0 radical (unpaired) electrons. The number of hydrogen-bond acceptors (Lipinski definition) is 7. The van der Waals surface area contributed by atoms with Gasteiger partial charge >= 0.3 is 15.6 Å². The highest BCUT2D eigenvalue weighted by atomic mass is 32.2. The highest BCUT2D eigenvalue weighted by Gasteiger charge is 2.55. The molecule has 0 aromatic heterocycles. The molecule has 1 saturated heterocycles. The zero-order chi connectivity index (χ0) is 23.2. The summed E-state index contributed by atoms with van der Waals surface area (Å²) in [5, 5.41) is 0. The van der Waals surface area contributed by atoms with Crippen molar-refractivity contribution >= 4 is 10.1 Å². The largest absolute Gasteiger partial charge is 0.523 e. The molecule has 2 aromatic rings. The molecular formula is C21H23F3O7S. The molecule has 1 aliphatic heterocycles. The van der Waals surface area contributed by atoms with Crippen molar-refractivity contribution in [2.75, 3.05) is 13.7 Å². The zero-order valence-corrected chi connectivity index (χ0v) is 17.9. The maximum absolute atomic E-state index is 12.9. The van der Waals surface area contributed by atoms with E-state index in [1.165, 1.54) is 7.11 Å². The molecule has 4 atom stereocenters. The Morgan fingerprint density at radius 1 is 0.906 bits per heavy atom. The fourth-order valence-electron chi connectivity index (χ4n) is 3.15. The summed E-state index contributed by atoms with van der Waals surface area (Å²) in [5.41, 5.74) is -3.99. The minimum Gasteiger partial charge on any atom is -0.374 e. The molecule has 1 heterocycles. The molecule has 0 amide bonds. The van der Waals surface area contributed by atoms with Gasteiger partial charge in [0.25, 0.3) is 0 Å². The summed E-state index contributed by atoms with van der Waals surface area (Å²) in [5.74, 6) is 0. The van der Waals surface area contributed by atoms with E-state index < -0.39 is 40.2 Å². The molecule has 4 unspecified atom stereocenters. The first kappa shape index (κ1) is 24.6. The number of rotatable bonds is 10. The van der Waals surface area contributed by atoms with Crippen LogP contribution < -0.4 is 0 Å². The molecule has 2 aromatic carbocycles. The molecule has 11 heteroatoms. The van der Waals surface area contributed by atoms with Crippen LogP contribution in [0.15, 0.2) is 60.7 Å². The van der Waals surface area contributed by atoms with E-state index in [9.17, 15) is 21.6 Å². The Hall–Kier alpha value is -2.02. The molecule has 0 aliphatic carbocycles. The predicted octanol–water partition coefficient (Wildman–Crippen LogP) is 3.39. The van der Waals surface area contributed by atoms with E-state index in [-0.39, 0.29) is 19.8 Å². The summed E-state index contributed by atoms with van der Waals surface area (Å²) in [7, 11) is -4.74. The van der Waals surface area contributed by atoms with Gasteiger partial charge in [0.1, 0.15) is 12.2 Å². The van der Waals surface area contributed by atoms with Crippen molar-refractivity contribution in [1.82, 2.24) is 0 Å². The lowest BCUT2D eigenvalue weighted by atomic mass is 10.1. The van der Waals surface area contributed by atoms with Crippen LogP contribution in [0, 0.1) is 0 Å². The van der Waals surface area contributed by atoms with Gasteiger partial charge in [0.15, 0.2) is 12.4 Å². The Kier molecular flexibility index (Phi) is 8.26. The molecule has 0 bridgehead atoms. The van der Waals surface area contributed by atoms with Crippen LogP contribution in [0.25, 0.3) is 0 Å². The van der Waals surface area contributed by atoms with Gasteiger partial charge in [-0.05, 0) is 11.1 Å². The van der Waals surface area contributed by atoms with Crippen LogP contribution in [0.4, 0.5) is 13.2 Å². The van der Waals surface area contributed by atoms with Crippen LogP contribution in [-0.4, -0.2) is 52.2 Å². The van der Waals surface area contributed by atoms with Crippen LogP contribution in [0.2, 0.25) is 0 Å². The lowest BCUT2D eigenvalue weighted by Crippen LogP contribution is -2.43. The van der Waals surface area contributed by atoms with Crippen LogP contribution in [-0.2, 0) is 46.5 Å². The molecule has 3 rings (SSSR count). The van der Waals surface area contributed by atoms with Crippen molar-refractivity contribution in [3.8, 4) is 0 Å². The summed E-state index contributed by atoms with van der Waals surface area (Å²) in [6.07, 6.45) is -5.22. The summed E-state index contributed by atoms with van der Waals surface area (Å²) in [6.45, 7) is 0.128. The summed E-state index contributed by atoms with van der Waals surface area (Å²) >= 11 is 0. The van der Waals surface area contributed by atoms with Crippen molar-refractivity contribution in [3.63, 3.8) is 0 Å². The Labute approximate surface area is 184 Å². The average Bonchev–Trinajstić information content (AvgIpc) is 3.08. The zero-order valence-electron chi connectivity index (χ0n) is 17.1. The molecule has 1 fully saturated rings. The molecule has 176 valence electrons. The number of hydrogen-bond donors (Lipinski definition) is 0. The van der Waals surface area contributed by atoms with Gasteiger partial charge in [-0.2, -0.15) is 21.6 Å². The van der Waals surface area contributed by atoms with Gasteiger partial charge in [0.2, 0.25) is 0 Å². The minimum absolute atomic E-state index is 0.00753. The predicted molar refractivity (Wildman–Crippen MR) is 107 cm³/mol. The van der Waals surface area contributed by atoms with Gasteiger partial charge in [-0.1, -0.05) is 60.7 Å². The van der Waals surface area contributed by atoms with Crippen LogP contribution >= 0.6 is 0 Å². The van der Waals surface area contributed by atoms with Crippen LogP contribution in [0.5, 0.6) is 0 Å². The lowest BCUT2D eigenvalue weighted by molar-refractivity contribution is -0.154. The molecule has 1 aliphatic rings. The molecule has 0 saturated carbocycles. The molecular weight excluding hydrogens is 453 g/mol. The third-order valence-corrected chi connectivity index (χ3v) is 5.74. The van der Waals surface area contributed by atoms with Gasteiger partial charge < -0.3 is 18.9 Å². The second-order valence-electron chi connectivity index (χ2n) is 7.00. The van der Waals surface area contributed by atoms with Gasteiger partial charge in [-0.25, -0.2) is 0 Å². The van der Waals surface area contributed by atoms with Crippen molar-refractivity contribution in [2.24, 2.45) is 0 Å². The number of alkyl halides is 3. The quantitative estimate of drug-likeness (QED) is 0.384. The van der Waals surface area contributed by atoms with Gasteiger partial charge in [-0.3, -0.25) is 4.18 Å². The van der Waals surface area contributed by atoms with E-state index in [1.807, 2.05) is 30.3 Å². The first-order chi connectivity index (χ1) is 15.2. The van der Waals surface area contributed by atoms with Crippen LogP contribution in [0.1, 0.15) is 11.1 Å². The Balaban J connectivity index is 1.75. The molecule has 32 heavy (non-hydrogen) atoms. The first-order valence-electron chi connectivity index (χ1n) is 9.66. The molecule has 0 spiro atoms. The van der Waals surface area contributed by atoms with Gasteiger partial charge in [-0.15, -0.1) is 0 Å². The SMILES string of the molecule is COC1OC(COCc2ccccc2)C(OCc2ccccc2)C1OS(=O)(=O)C(F)(F)F. The number of methoxy groups -OCH3 is 1. The normalized spacial score (nSPS) is 24.0. The van der Waals surface area contributed by atoms with E-state index in [0.717, 1.165) is 11.1 Å². The lowest BCUT2D eigenvalue weighted by Gasteiger charge is -2.24. The monoisotopic (exact) mass is 476 g/mol. The van der Waals surface area contributed by atoms with Crippen LogP contribution in [0.3, 0.4) is 0 Å². The van der Waals surface area contributed by atoms with Crippen molar-refractivity contribution in [2.45, 2.75) is 43.3 Å². The van der Waals surface area contributed by atoms with Crippen molar-refractivity contribution < 1.29 is 44.7 Å². The van der Waals surface area contributed by atoms with E-state index in [0.29, 0.717) is 0 Å². The highest BCUT2D eigenvalue weighted by Crippen LogP contribution is 2.34. The smallest absolute Gasteiger partial charge is 0.374 e. The second kappa shape index (κ2) is 10.7. The van der Waals surface area contributed by atoms with Crippen molar-refractivity contribution in [3.05, 3.63) is 71.8 Å². The molecule has 7 nitrogen and oxygen atoms in total. The Bertz CT molecular complexity index is 939. The average molecular weight is 476 g/mol. The number of benzene rings is 2. The van der Waals surface area contributed by atoms with E-state index in [1.54, 1.807) is 30.3 Å².